The Morgan fingerprint density at radius 3 is 1.21 bits per heavy atom. The summed E-state index contributed by atoms with van der Waals surface area (Å²) in [6.07, 6.45) is 0.572. The number of benzene rings is 4. The van der Waals surface area contributed by atoms with Gasteiger partial charge >= 0.3 is 11.8 Å². The van der Waals surface area contributed by atoms with E-state index in [1.54, 1.807) is 49.9 Å². The number of hydrogen-bond acceptors (Lipinski definition) is 12. The van der Waals surface area contributed by atoms with Gasteiger partial charge in [-0.1, -0.05) is 114 Å². The van der Waals surface area contributed by atoms with E-state index >= 15 is 0 Å². The zero-order chi connectivity index (χ0) is 59.5. The molecule has 0 spiro atoms. The highest BCUT2D eigenvalue weighted by atomic mass is 16.2. The van der Waals surface area contributed by atoms with E-state index in [2.05, 4.69) is 42.5 Å². The number of likely N-dealkylation sites (tertiary alicyclic amines) is 4. The lowest BCUT2D eigenvalue weighted by atomic mass is 9.85. The molecule has 0 radical (unpaired) electrons. The normalized spacial score (nSPS) is 21.9. The largest absolute Gasteiger partial charge is 0.342 e. The van der Waals surface area contributed by atoms with Gasteiger partial charge in [0.1, 0.15) is 12.1 Å². The van der Waals surface area contributed by atoms with Crippen molar-refractivity contribution in [2.45, 2.75) is 117 Å². The molecule has 10 atom stereocenters. The van der Waals surface area contributed by atoms with Gasteiger partial charge in [0.05, 0.1) is 61.2 Å². The summed E-state index contributed by atoms with van der Waals surface area (Å²) in [6.45, 7) is 13.1. The Hall–Kier alpha value is -7.98. The first-order valence-corrected chi connectivity index (χ1v) is 28.1. The highest BCUT2D eigenvalue weighted by molar-refractivity contribution is 6.35. The van der Waals surface area contributed by atoms with E-state index in [9.17, 15) is 47.9 Å². The molecule has 22 nitrogen and oxygen atoms in total. The van der Waals surface area contributed by atoms with Crippen LogP contribution in [0.2, 0.25) is 0 Å². The van der Waals surface area contributed by atoms with Gasteiger partial charge in [-0.25, -0.2) is 0 Å². The molecular formula is C60H78N12O10. The monoisotopic (exact) mass is 1130 g/mol. The molecule has 0 aromatic heterocycles. The molecule has 438 valence electrons. The van der Waals surface area contributed by atoms with Gasteiger partial charge in [0.25, 0.3) is 0 Å². The number of rotatable bonds is 16. The highest BCUT2D eigenvalue weighted by Crippen LogP contribution is 2.40. The fourth-order valence-corrected chi connectivity index (χ4v) is 11.9. The zero-order valence-corrected chi connectivity index (χ0v) is 48.4. The van der Waals surface area contributed by atoms with Crippen molar-refractivity contribution in [3.8, 4) is 0 Å². The minimum absolute atomic E-state index is 0.128. The quantitative estimate of drug-likeness (QED) is 0.0748. The van der Waals surface area contributed by atoms with Crippen LogP contribution in [0, 0.1) is 22.7 Å². The topological polar surface area (TPSA) is 280 Å². The summed E-state index contributed by atoms with van der Waals surface area (Å²) in [5.74, 6) is -8.02. The van der Waals surface area contributed by atoms with Gasteiger partial charge in [-0.05, 0) is 74.5 Å². The van der Waals surface area contributed by atoms with Crippen molar-refractivity contribution < 1.29 is 47.9 Å². The second-order valence-corrected chi connectivity index (χ2v) is 24.1. The highest BCUT2D eigenvalue weighted by Gasteiger charge is 2.57. The molecule has 0 saturated carbocycles. The van der Waals surface area contributed by atoms with E-state index in [0.717, 1.165) is 21.5 Å². The van der Waals surface area contributed by atoms with E-state index in [-0.39, 0.29) is 50.8 Å². The summed E-state index contributed by atoms with van der Waals surface area (Å²) < 4.78 is 0. The van der Waals surface area contributed by atoms with Gasteiger partial charge in [-0.2, -0.15) is 0 Å². The number of nitrogens with zero attached hydrogens (tertiary/aromatic N) is 4. The number of amides is 10. The minimum atomic E-state index is -1.21. The molecular weight excluding hydrogens is 1050 g/mol. The van der Waals surface area contributed by atoms with Crippen molar-refractivity contribution in [2.24, 2.45) is 22.7 Å². The second-order valence-electron chi connectivity index (χ2n) is 24.1. The second kappa shape index (κ2) is 24.6. The van der Waals surface area contributed by atoms with Gasteiger partial charge in [-0.3, -0.25) is 47.9 Å². The molecule has 8 rings (SSSR count). The first-order valence-electron chi connectivity index (χ1n) is 28.1. The maximum atomic E-state index is 14.7. The van der Waals surface area contributed by atoms with Crippen LogP contribution in [0.4, 0.5) is 11.4 Å². The number of nitrogens with one attached hydrogen (secondary N) is 8. The average molecular weight is 1130 g/mol. The van der Waals surface area contributed by atoms with Crippen LogP contribution in [-0.2, 0) is 47.9 Å². The van der Waals surface area contributed by atoms with Gasteiger partial charge in [0.15, 0.2) is 0 Å². The summed E-state index contributed by atoms with van der Waals surface area (Å²) in [5.41, 5.74) is -0.428. The van der Waals surface area contributed by atoms with Crippen LogP contribution in [0.15, 0.2) is 84.9 Å². The number of carbonyl (C=O) groups excluding carboxylic acids is 10. The summed E-state index contributed by atoms with van der Waals surface area (Å²) in [6, 6.07) is 19.9. The maximum absolute atomic E-state index is 14.7. The molecule has 0 aliphatic carbocycles. The van der Waals surface area contributed by atoms with Gasteiger partial charge in [0.2, 0.25) is 47.3 Å². The number of carbonyl (C=O) groups is 10. The summed E-state index contributed by atoms with van der Waals surface area (Å²) >= 11 is 0. The molecule has 4 aliphatic heterocycles. The molecule has 4 heterocycles. The predicted octanol–water partition coefficient (Wildman–Crippen LogP) is 1.94. The molecule has 22 heteroatoms. The number of fused-ring (bicyclic) bond motifs is 4. The number of anilines is 2. The Bertz CT molecular complexity index is 2940. The van der Waals surface area contributed by atoms with E-state index in [4.69, 9.17) is 0 Å². The summed E-state index contributed by atoms with van der Waals surface area (Å²) in [7, 11) is 3.27. The molecule has 3 unspecified atom stereocenters. The molecule has 4 fully saturated rings. The van der Waals surface area contributed by atoms with Crippen LogP contribution < -0.4 is 42.5 Å². The molecule has 4 saturated heterocycles. The Kier molecular flexibility index (Phi) is 18.1. The molecule has 4 aliphatic rings. The lowest BCUT2D eigenvalue weighted by Gasteiger charge is -2.37. The minimum Gasteiger partial charge on any atom is -0.342 e. The summed E-state index contributed by atoms with van der Waals surface area (Å²) in [5, 5.41) is 25.8. The van der Waals surface area contributed by atoms with E-state index in [0.29, 0.717) is 11.4 Å². The van der Waals surface area contributed by atoms with Crippen molar-refractivity contribution in [3.05, 3.63) is 84.9 Å². The molecule has 8 N–H and O–H groups in total. The Labute approximate surface area is 477 Å². The van der Waals surface area contributed by atoms with Crippen LogP contribution in [0.25, 0.3) is 21.5 Å². The van der Waals surface area contributed by atoms with Crippen molar-refractivity contribution in [2.75, 3.05) is 64.0 Å². The maximum Gasteiger partial charge on any atom is 0.309 e. The standard InChI is InChI=1S/C60H78N12O10/c1-33(61-9)51(75)67-49(59(3,4)5)57(81)69-27-25-43-47(69)39(53(77)65-41-23-15-19-35-17-11-13-21-37(35)41)31-71(43)45(73)29-63-55(79)56(80)64-30-46(74)72-32-40(54(78)66-42-24-16-20-36-18-12-14-22-38(36)42)48-44(72)26-28-70(48)58(82)50(60(6,7)8)68-52(76)34(2)62-10/h11-24,33-34,39-40,43-44,47-50,61-62H,25-32H2,1-10H3,(H,63,79)(H,64,80)(H,65,77)(H,66,78)(H,67,75)(H,68,76)/t33-,34-,39-,40?,43+,44?,47?,48+,49+,50+/m0/s1. The molecule has 4 aromatic rings. The number of hydrogen-bond donors (Lipinski definition) is 8. The van der Waals surface area contributed by atoms with E-state index in [1.165, 1.54) is 9.80 Å². The average Bonchev–Trinajstić information content (AvgIpc) is 4.24. The SMILES string of the molecule is CN[C@@H](C)C(=O)N[C@H](C(=O)N1CC[C@@H]2C1[C@@H](C(=O)Nc1cccc3ccccc13)CN2C(=O)CNC(=O)C(=O)NCC(=O)N1CC(C(=O)Nc2cccc3ccccc23)[C@@H]2C1CCN2C(=O)[C@@H](NC(=O)[C@H](C)NC)C(C)(C)C)C(C)(C)C. The van der Waals surface area contributed by atoms with Gasteiger partial charge < -0.3 is 62.1 Å². The Balaban J connectivity index is 0.957. The zero-order valence-electron chi connectivity index (χ0n) is 48.4. The predicted molar refractivity (Wildman–Crippen MR) is 309 cm³/mol. The summed E-state index contributed by atoms with van der Waals surface area (Å²) in [4.78, 5) is 146. The molecule has 4 aromatic carbocycles. The fraction of sp³-hybridized carbons (Fsp3) is 0.500. The van der Waals surface area contributed by atoms with Crippen molar-refractivity contribution in [1.29, 1.82) is 0 Å². The fourth-order valence-electron chi connectivity index (χ4n) is 11.9. The van der Waals surface area contributed by atoms with Crippen LogP contribution in [0.1, 0.15) is 68.2 Å². The lowest BCUT2D eigenvalue weighted by Crippen LogP contribution is -2.59. The van der Waals surface area contributed by atoms with Crippen LogP contribution in [0.3, 0.4) is 0 Å². The third kappa shape index (κ3) is 12.6. The first-order chi connectivity index (χ1) is 38.8. The van der Waals surface area contributed by atoms with Crippen LogP contribution in [0.5, 0.6) is 0 Å². The van der Waals surface area contributed by atoms with Gasteiger partial charge in [-0.15, -0.1) is 0 Å². The third-order valence-electron chi connectivity index (χ3n) is 16.7. The van der Waals surface area contributed by atoms with Crippen LogP contribution in [-0.4, -0.2) is 180 Å². The van der Waals surface area contributed by atoms with Crippen LogP contribution >= 0.6 is 0 Å². The lowest BCUT2D eigenvalue weighted by molar-refractivity contribution is -0.142. The van der Waals surface area contributed by atoms with E-state index in [1.807, 2.05) is 114 Å². The Morgan fingerprint density at radius 2 is 0.854 bits per heavy atom. The van der Waals surface area contributed by atoms with Crippen molar-refractivity contribution >= 4 is 92.0 Å². The van der Waals surface area contributed by atoms with Gasteiger partial charge in [0, 0.05) is 48.3 Å². The molecule has 0 bridgehead atoms. The number of likely N-dealkylation sites (N-methyl/N-ethyl adjacent to an activating group) is 2. The smallest absolute Gasteiger partial charge is 0.309 e. The molecule has 82 heavy (non-hydrogen) atoms. The van der Waals surface area contributed by atoms with Crippen molar-refractivity contribution in [3.63, 3.8) is 0 Å². The first kappa shape index (κ1) is 60.1. The van der Waals surface area contributed by atoms with E-state index < -0.39 is 131 Å². The third-order valence-corrected chi connectivity index (χ3v) is 16.7. The van der Waals surface area contributed by atoms with Crippen molar-refractivity contribution in [1.82, 2.24) is 51.5 Å². The molecule has 10 amide bonds. The Morgan fingerprint density at radius 1 is 0.500 bits per heavy atom.